The Hall–Kier alpha value is -1.02. The second-order valence-electron chi connectivity index (χ2n) is 2.96. The SMILES string of the molecule is CNC=[N+](C)c1ccc(Cl)cc1C. The van der Waals surface area contributed by atoms with Crippen LogP contribution in [-0.2, 0) is 0 Å². The van der Waals surface area contributed by atoms with Crippen LogP contribution in [0.25, 0.3) is 0 Å². The molecular formula is C10H14ClN2+. The summed E-state index contributed by atoms with van der Waals surface area (Å²) in [6.07, 6.45) is 1.90. The minimum absolute atomic E-state index is 0.777. The molecule has 0 unspecified atom stereocenters. The normalized spacial score (nSPS) is 11.5. The van der Waals surface area contributed by atoms with Gasteiger partial charge in [0.15, 0.2) is 0 Å². The standard InChI is InChI=1S/C10H13ClN2/c1-8-6-9(11)4-5-10(8)13(3)7-12-2/h4-7H,1-3H3/p+1. The summed E-state index contributed by atoms with van der Waals surface area (Å²) in [6, 6.07) is 5.85. The van der Waals surface area contributed by atoms with Crippen LogP contribution in [0.3, 0.4) is 0 Å². The molecule has 0 spiro atoms. The smallest absolute Gasteiger partial charge is 0.236 e. The van der Waals surface area contributed by atoms with Crippen molar-refractivity contribution < 1.29 is 4.58 Å². The molecule has 0 saturated carbocycles. The van der Waals surface area contributed by atoms with Gasteiger partial charge in [-0.25, -0.2) is 4.58 Å². The zero-order valence-electron chi connectivity index (χ0n) is 8.13. The van der Waals surface area contributed by atoms with Crippen molar-refractivity contribution in [1.82, 2.24) is 5.32 Å². The van der Waals surface area contributed by atoms with E-state index in [0.29, 0.717) is 0 Å². The van der Waals surface area contributed by atoms with Crippen LogP contribution in [0.4, 0.5) is 5.69 Å². The van der Waals surface area contributed by atoms with Crippen molar-refractivity contribution in [2.45, 2.75) is 6.92 Å². The number of nitrogens with one attached hydrogen (secondary N) is 1. The van der Waals surface area contributed by atoms with Crippen molar-refractivity contribution in [1.29, 1.82) is 0 Å². The quantitative estimate of drug-likeness (QED) is 0.436. The van der Waals surface area contributed by atoms with E-state index in [4.69, 9.17) is 11.6 Å². The van der Waals surface area contributed by atoms with E-state index >= 15 is 0 Å². The van der Waals surface area contributed by atoms with Gasteiger partial charge in [0.1, 0.15) is 5.69 Å². The summed E-state index contributed by atoms with van der Waals surface area (Å²) in [5, 5.41) is 3.75. The molecule has 1 rings (SSSR count). The van der Waals surface area contributed by atoms with Crippen molar-refractivity contribution in [2.24, 2.45) is 0 Å². The van der Waals surface area contributed by atoms with E-state index < -0.39 is 0 Å². The molecule has 3 heteroatoms. The molecule has 13 heavy (non-hydrogen) atoms. The molecule has 0 heterocycles. The average Bonchev–Trinajstić information content (AvgIpc) is 2.04. The van der Waals surface area contributed by atoms with Crippen LogP contribution in [0, 0.1) is 6.92 Å². The molecular weight excluding hydrogens is 184 g/mol. The lowest BCUT2D eigenvalue weighted by atomic mass is 10.2. The molecule has 0 radical (unpaired) electrons. The minimum Gasteiger partial charge on any atom is -0.283 e. The van der Waals surface area contributed by atoms with Crippen LogP contribution in [0.5, 0.6) is 0 Å². The van der Waals surface area contributed by atoms with E-state index in [-0.39, 0.29) is 0 Å². The van der Waals surface area contributed by atoms with Gasteiger partial charge in [0.2, 0.25) is 6.34 Å². The first-order valence-electron chi connectivity index (χ1n) is 4.14. The molecule has 0 bridgehead atoms. The second-order valence-corrected chi connectivity index (χ2v) is 3.40. The van der Waals surface area contributed by atoms with Gasteiger partial charge in [-0.3, -0.25) is 5.32 Å². The molecule has 0 atom stereocenters. The fourth-order valence-electron chi connectivity index (χ4n) is 1.28. The third-order valence-electron chi connectivity index (χ3n) is 1.86. The predicted octanol–water partition coefficient (Wildman–Crippen LogP) is 2.17. The summed E-state index contributed by atoms with van der Waals surface area (Å²) in [4.78, 5) is 0. The molecule has 1 aromatic rings. The lowest BCUT2D eigenvalue weighted by Gasteiger charge is -2.03. The summed E-state index contributed by atoms with van der Waals surface area (Å²) in [6.45, 7) is 2.04. The number of benzene rings is 1. The van der Waals surface area contributed by atoms with Crippen molar-refractivity contribution >= 4 is 23.6 Å². The third-order valence-corrected chi connectivity index (χ3v) is 2.10. The average molecular weight is 198 g/mol. The van der Waals surface area contributed by atoms with Gasteiger partial charge in [-0.1, -0.05) is 11.6 Å². The number of aryl methyl sites for hydroxylation is 1. The molecule has 0 aliphatic rings. The van der Waals surface area contributed by atoms with Crippen molar-refractivity contribution in [2.75, 3.05) is 14.1 Å². The molecule has 0 amide bonds. The first kappa shape index (κ1) is 10.1. The van der Waals surface area contributed by atoms with Gasteiger partial charge in [0.05, 0.1) is 14.1 Å². The Morgan fingerprint density at radius 3 is 2.69 bits per heavy atom. The Morgan fingerprint density at radius 1 is 1.46 bits per heavy atom. The largest absolute Gasteiger partial charge is 0.283 e. The van der Waals surface area contributed by atoms with Gasteiger partial charge in [-0.05, 0) is 30.7 Å². The van der Waals surface area contributed by atoms with Gasteiger partial charge in [-0.15, -0.1) is 0 Å². The summed E-state index contributed by atoms with van der Waals surface area (Å²) in [5.41, 5.74) is 2.32. The van der Waals surface area contributed by atoms with Crippen molar-refractivity contribution in [3.8, 4) is 0 Å². The van der Waals surface area contributed by atoms with Crippen molar-refractivity contribution in [3.05, 3.63) is 28.8 Å². The summed E-state index contributed by atoms with van der Waals surface area (Å²) in [7, 11) is 3.87. The highest BCUT2D eigenvalue weighted by Crippen LogP contribution is 2.20. The van der Waals surface area contributed by atoms with Crippen LogP contribution < -0.4 is 5.32 Å². The van der Waals surface area contributed by atoms with E-state index in [2.05, 4.69) is 5.32 Å². The summed E-state index contributed by atoms with van der Waals surface area (Å²) >= 11 is 5.85. The number of nitrogens with zero attached hydrogens (tertiary/aromatic N) is 1. The van der Waals surface area contributed by atoms with E-state index in [1.807, 2.05) is 50.1 Å². The highest BCUT2D eigenvalue weighted by atomic mass is 35.5. The fourth-order valence-corrected chi connectivity index (χ4v) is 1.50. The van der Waals surface area contributed by atoms with Crippen molar-refractivity contribution in [3.63, 3.8) is 0 Å². The van der Waals surface area contributed by atoms with E-state index in [0.717, 1.165) is 10.7 Å². The summed E-state index contributed by atoms with van der Waals surface area (Å²) < 4.78 is 2.02. The number of halogens is 1. The Kier molecular flexibility index (Phi) is 3.32. The number of hydrogen-bond donors (Lipinski definition) is 1. The molecule has 0 aliphatic heterocycles. The number of hydrogen-bond acceptors (Lipinski definition) is 0. The van der Waals surface area contributed by atoms with Crippen LogP contribution in [0.15, 0.2) is 18.2 Å². The molecule has 1 aromatic carbocycles. The van der Waals surface area contributed by atoms with Gasteiger partial charge in [0.25, 0.3) is 0 Å². The fraction of sp³-hybridized carbons (Fsp3) is 0.300. The molecule has 0 aliphatic carbocycles. The first-order valence-corrected chi connectivity index (χ1v) is 4.52. The van der Waals surface area contributed by atoms with Crippen LogP contribution in [0.2, 0.25) is 5.02 Å². The molecule has 1 N–H and O–H groups in total. The van der Waals surface area contributed by atoms with Gasteiger partial charge < -0.3 is 0 Å². The lowest BCUT2D eigenvalue weighted by Crippen LogP contribution is -2.12. The highest BCUT2D eigenvalue weighted by Gasteiger charge is 2.03. The van der Waals surface area contributed by atoms with Gasteiger partial charge in [0, 0.05) is 5.02 Å². The minimum atomic E-state index is 0.777. The van der Waals surface area contributed by atoms with Gasteiger partial charge >= 0.3 is 0 Å². The monoisotopic (exact) mass is 197 g/mol. The maximum atomic E-state index is 5.85. The van der Waals surface area contributed by atoms with E-state index in [1.54, 1.807) is 0 Å². The maximum absolute atomic E-state index is 5.85. The molecule has 70 valence electrons. The van der Waals surface area contributed by atoms with Crippen LogP contribution >= 0.6 is 11.6 Å². The van der Waals surface area contributed by atoms with E-state index in [1.165, 1.54) is 5.56 Å². The zero-order valence-corrected chi connectivity index (χ0v) is 8.89. The van der Waals surface area contributed by atoms with Crippen LogP contribution in [-0.4, -0.2) is 25.0 Å². The van der Waals surface area contributed by atoms with E-state index in [9.17, 15) is 0 Å². The topological polar surface area (TPSA) is 15.0 Å². The zero-order chi connectivity index (χ0) is 9.84. The van der Waals surface area contributed by atoms with Crippen LogP contribution in [0.1, 0.15) is 5.56 Å². The highest BCUT2D eigenvalue weighted by molar-refractivity contribution is 6.30. The predicted molar refractivity (Wildman–Crippen MR) is 57.2 cm³/mol. The first-order chi connectivity index (χ1) is 6.15. The third kappa shape index (κ3) is 2.46. The summed E-state index contributed by atoms with van der Waals surface area (Å²) in [5.74, 6) is 0. The second kappa shape index (κ2) is 4.28. The molecule has 0 saturated heterocycles. The Bertz CT molecular complexity index is 332. The molecule has 0 aromatic heterocycles. The Morgan fingerprint density at radius 2 is 2.15 bits per heavy atom. The molecule has 0 fully saturated rings. The lowest BCUT2D eigenvalue weighted by molar-refractivity contribution is -0.402. The Labute approximate surface area is 83.8 Å². The Balaban J connectivity index is 3.09. The molecule has 2 nitrogen and oxygen atoms in total. The maximum Gasteiger partial charge on any atom is 0.236 e. The number of rotatable bonds is 2. The van der Waals surface area contributed by atoms with Gasteiger partial charge in [-0.2, -0.15) is 0 Å².